The van der Waals surface area contributed by atoms with Crippen LogP contribution >= 0.6 is 0 Å². The first-order chi connectivity index (χ1) is 12.6. The van der Waals surface area contributed by atoms with Crippen LogP contribution in [0.15, 0.2) is 59.4 Å². The Bertz CT molecular complexity index is 948. The number of aromatic amines is 1. The van der Waals surface area contributed by atoms with Crippen LogP contribution in [-0.4, -0.2) is 17.5 Å². The number of hydrogen-bond acceptors (Lipinski definition) is 3. The van der Waals surface area contributed by atoms with Gasteiger partial charge in [-0.15, -0.1) is 0 Å². The van der Waals surface area contributed by atoms with Crippen molar-refractivity contribution in [2.75, 3.05) is 6.61 Å². The third-order valence-electron chi connectivity index (χ3n) is 4.11. The summed E-state index contributed by atoms with van der Waals surface area (Å²) in [7, 11) is 0. The lowest BCUT2D eigenvalue weighted by molar-refractivity contribution is -0.121. The third-order valence-corrected chi connectivity index (χ3v) is 4.11. The molecule has 2 aromatic carbocycles. The summed E-state index contributed by atoms with van der Waals surface area (Å²) in [5.41, 5.74) is 2.28. The Morgan fingerprint density at radius 3 is 2.73 bits per heavy atom. The quantitative estimate of drug-likeness (QED) is 0.642. The maximum atomic E-state index is 12.1. The van der Waals surface area contributed by atoms with E-state index in [0.29, 0.717) is 25.0 Å². The van der Waals surface area contributed by atoms with Gasteiger partial charge in [0.25, 0.3) is 5.56 Å². The first kappa shape index (κ1) is 17.7. The summed E-state index contributed by atoms with van der Waals surface area (Å²) in [5.74, 6) is 0.705. The molecular formula is C21H22N2O3. The fourth-order valence-electron chi connectivity index (χ4n) is 2.71. The van der Waals surface area contributed by atoms with Gasteiger partial charge >= 0.3 is 0 Å². The van der Waals surface area contributed by atoms with Crippen LogP contribution in [0.25, 0.3) is 10.9 Å². The first-order valence-corrected chi connectivity index (χ1v) is 8.69. The van der Waals surface area contributed by atoms with Gasteiger partial charge in [0.2, 0.25) is 5.91 Å². The lowest BCUT2D eigenvalue weighted by atomic mass is 10.1. The van der Waals surface area contributed by atoms with Crippen molar-refractivity contribution in [3.05, 3.63) is 76.1 Å². The van der Waals surface area contributed by atoms with Gasteiger partial charge in [0, 0.05) is 24.0 Å². The van der Waals surface area contributed by atoms with Crippen molar-refractivity contribution in [2.24, 2.45) is 0 Å². The Morgan fingerprint density at radius 1 is 1.12 bits per heavy atom. The van der Waals surface area contributed by atoms with Crippen molar-refractivity contribution in [3.63, 3.8) is 0 Å². The van der Waals surface area contributed by atoms with Crippen LogP contribution in [0.1, 0.15) is 24.0 Å². The molecule has 0 saturated carbocycles. The number of carbonyl (C=O) groups excluding carboxylic acids is 1. The van der Waals surface area contributed by atoms with E-state index in [1.54, 1.807) is 0 Å². The molecule has 0 aliphatic carbocycles. The lowest BCUT2D eigenvalue weighted by Gasteiger charge is -2.08. The maximum Gasteiger partial charge on any atom is 0.253 e. The smallest absolute Gasteiger partial charge is 0.253 e. The van der Waals surface area contributed by atoms with Crippen molar-refractivity contribution < 1.29 is 9.53 Å². The summed E-state index contributed by atoms with van der Waals surface area (Å²) < 4.78 is 5.56. The molecule has 3 aromatic rings. The molecule has 0 fully saturated rings. The predicted octanol–water partition coefficient (Wildman–Crippen LogP) is 3.31. The molecule has 0 atom stereocenters. The summed E-state index contributed by atoms with van der Waals surface area (Å²) in [4.78, 5) is 27.0. The minimum Gasteiger partial charge on any atom is -0.494 e. The van der Waals surface area contributed by atoms with Gasteiger partial charge < -0.3 is 15.0 Å². The number of pyridine rings is 1. The fourth-order valence-corrected chi connectivity index (χ4v) is 2.71. The number of aryl methyl sites for hydroxylation is 1. The fraction of sp³-hybridized carbons (Fsp3) is 0.238. The number of rotatable bonds is 7. The second-order valence-corrected chi connectivity index (χ2v) is 6.26. The SMILES string of the molecule is Cc1ccc2cc(CNC(=O)CCCOc3ccccc3)c(=O)[nH]c2c1. The van der Waals surface area contributed by atoms with Gasteiger partial charge in [-0.3, -0.25) is 9.59 Å². The normalized spacial score (nSPS) is 10.7. The number of amides is 1. The molecule has 1 aromatic heterocycles. The minimum absolute atomic E-state index is 0.0925. The second-order valence-electron chi connectivity index (χ2n) is 6.26. The van der Waals surface area contributed by atoms with Crippen LogP contribution in [-0.2, 0) is 11.3 Å². The number of ether oxygens (including phenoxy) is 1. The van der Waals surface area contributed by atoms with Gasteiger partial charge in [0.1, 0.15) is 5.75 Å². The van der Waals surface area contributed by atoms with Crippen LogP contribution in [0.3, 0.4) is 0 Å². The average molecular weight is 350 g/mol. The standard InChI is InChI=1S/C21H22N2O3/c1-15-9-10-16-13-17(21(25)23-19(16)12-15)14-22-20(24)8-5-11-26-18-6-3-2-4-7-18/h2-4,6-7,9-10,12-13H,5,8,11,14H2,1H3,(H,22,24)(H,23,25). The molecule has 0 aliphatic rings. The highest BCUT2D eigenvalue weighted by molar-refractivity contribution is 5.80. The second kappa shape index (κ2) is 8.34. The number of nitrogens with one attached hydrogen (secondary N) is 2. The molecule has 5 nitrogen and oxygen atoms in total. The molecular weight excluding hydrogens is 328 g/mol. The molecule has 1 amide bonds. The number of aromatic nitrogens is 1. The zero-order valence-corrected chi connectivity index (χ0v) is 14.7. The molecule has 0 unspecified atom stereocenters. The van der Waals surface area contributed by atoms with E-state index in [4.69, 9.17) is 4.74 Å². The molecule has 26 heavy (non-hydrogen) atoms. The van der Waals surface area contributed by atoms with Gasteiger partial charge in [0.15, 0.2) is 0 Å². The lowest BCUT2D eigenvalue weighted by Crippen LogP contribution is -2.26. The molecule has 134 valence electrons. The van der Waals surface area contributed by atoms with E-state index in [1.165, 1.54) is 0 Å². The summed E-state index contributed by atoms with van der Waals surface area (Å²) in [6, 6.07) is 17.2. The molecule has 1 heterocycles. The van der Waals surface area contributed by atoms with E-state index < -0.39 is 0 Å². The van der Waals surface area contributed by atoms with Crippen molar-refractivity contribution in [1.82, 2.24) is 10.3 Å². The number of para-hydroxylation sites is 1. The van der Waals surface area contributed by atoms with Gasteiger partial charge in [-0.2, -0.15) is 0 Å². The Balaban J connectivity index is 1.48. The monoisotopic (exact) mass is 350 g/mol. The summed E-state index contributed by atoms with van der Waals surface area (Å²) in [6.45, 7) is 2.68. The van der Waals surface area contributed by atoms with Crippen LogP contribution in [0, 0.1) is 6.92 Å². The van der Waals surface area contributed by atoms with Crippen molar-refractivity contribution in [3.8, 4) is 5.75 Å². The highest BCUT2D eigenvalue weighted by atomic mass is 16.5. The minimum atomic E-state index is -0.171. The van der Waals surface area contributed by atoms with Crippen LogP contribution in [0.2, 0.25) is 0 Å². The van der Waals surface area contributed by atoms with Crippen LogP contribution < -0.4 is 15.6 Å². The first-order valence-electron chi connectivity index (χ1n) is 8.69. The summed E-state index contributed by atoms with van der Waals surface area (Å²) in [6.07, 6.45) is 0.978. The topological polar surface area (TPSA) is 71.2 Å². The summed E-state index contributed by atoms with van der Waals surface area (Å²) >= 11 is 0. The molecule has 5 heteroatoms. The van der Waals surface area contributed by atoms with Crippen LogP contribution in [0.4, 0.5) is 0 Å². The maximum absolute atomic E-state index is 12.1. The van der Waals surface area contributed by atoms with E-state index in [-0.39, 0.29) is 18.0 Å². The Kier molecular flexibility index (Phi) is 5.69. The largest absolute Gasteiger partial charge is 0.494 e. The van der Waals surface area contributed by atoms with Gasteiger partial charge in [-0.1, -0.05) is 30.3 Å². The van der Waals surface area contributed by atoms with E-state index in [9.17, 15) is 9.59 Å². The van der Waals surface area contributed by atoms with E-state index in [2.05, 4.69) is 10.3 Å². The van der Waals surface area contributed by atoms with E-state index >= 15 is 0 Å². The van der Waals surface area contributed by atoms with Crippen molar-refractivity contribution in [1.29, 1.82) is 0 Å². The van der Waals surface area contributed by atoms with Crippen LogP contribution in [0.5, 0.6) is 5.75 Å². The number of carbonyl (C=O) groups is 1. The molecule has 0 spiro atoms. The highest BCUT2D eigenvalue weighted by Crippen LogP contribution is 2.13. The zero-order chi connectivity index (χ0) is 18.4. The molecule has 2 N–H and O–H groups in total. The molecule has 0 radical (unpaired) electrons. The molecule has 3 rings (SSSR count). The average Bonchev–Trinajstić information content (AvgIpc) is 2.64. The zero-order valence-electron chi connectivity index (χ0n) is 14.7. The van der Waals surface area contributed by atoms with Gasteiger partial charge in [-0.25, -0.2) is 0 Å². The van der Waals surface area contributed by atoms with Crippen molar-refractivity contribution >= 4 is 16.8 Å². The number of fused-ring (bicyclic) bond motifs is 1. The predicted molar refractivity (Wildman–Crippen MR) is 102 cm³/mol. The number of benzene rings is 2. The van der Waals surface area contributed by atoms with Crippen molar-refractivity contribution in [2.45, 2.75) is 26.3 Å². The molecule has 0 saturated heterocycles. The number of hydrogen-bond donors (Lipinski definition) is 2. The third kappa shape index (κ3) is 4.72. The number of H-pyrrole nitrogens is 1. The molecule has 0 bridgehead atoms. The van der Waals surface area contributed by atoms with E-state index in [0.717, 1.165) is 22.2 Å². The Morgan fingerprint density at radius 2 is 1.92 bits per heavy atom. The molecule has 0 aliphatic heterocycles. The Labute approximate surface area is 152 Å². The van der Waals surface area contributed by atoms with E-state index in [1.807, 2.05) is 61.5 Å². The van der Waals surface area contributed by atoms with Gasteiger partial charge in [0.05, 0.1) is 6.61 Å². The summed E-state index contributed by atoms with van der Waals surface area (Å²) in [5, 5.41) is 3.75. The Hall–Kier alpha value is -3.08. The highest BCUT2D eigenvalue weighted by Gasteiger charge is 2.06. The van der Waals surface area contributed by atoms with Gasteiger partial charge in [-0.05, 0) is 48.6 Å².